The maximum atomic E-state index is 13.2. The van der Waals surface area contributed by atoms with Crippen molar-refractivity contribution in [1.29, 1.82) is 0 Å². The molecule has 0 fully saturated rings. The molecular formula is C23H25N4O5+. The van der Waals surface area contributed by atoms with Crippen molar-refractivity contribution >= 4 is 17.6 Å². The molecule has 0 N–H and O–H groups in total. The average Bonchev–Trinajstić information content (AvgIpc) is 3.30. The van der Waals surface area contributed by atoms with Crippen molar-refractivity contribution in [2.75, 3.05) is 20.8 Å². The van der Waals surface area contributed by atoms with E-state index < -0.39 is 5.92 Å². The number of allylic oxidation sites excluding steroid dienone is 3. The lowest BCUT2D eigenvalue weighted by atomic mass is 9.94. The molecule has 1 atom stereocenters. The fourth-order valence-corrected chi connectivity index (χ4v) is 3.71. The van der Waals surface area contributed by atoms with E-state index in [0.29, 0.717) is 35.1 Å². The molecule has 1 aromatic heterocycles. The van der Waals surface area contributed by atoms with Gasteiger partial charge in [-0.2, -0.15) is 19.3 Å². The summed E-state index contributed by atoms with van der Waals surface area (Å²) in [5.74, 6) is 1.10. The van der Waals surface area contributed by atoms with Crippen molar-refractivity contribution in [3.63, 3.8) is 0 Å². The number of rotatable bonds is 8. The largest absolute Gasteiger partial charge is 0.501 e. The number of imide groups is 1. The molecule has 3 amide bonds. The number of carbonyl (C=O) groups excluding carboxylic acids is 2. The predicted molar refractivity (Wildman–Crippen MR) is 116 cm³/mol. The summed E-state index contributed by atoms with van der Waals surface area (Å²) in [4.78, 5) is 31.8. The number of amides is 3. The molecule has 1 aromatic carbocycles. The van der Waals surface area contributed by atoms with E-state index in [4.69, 9.17) is 14.0 Å². The second-order valence-corrected chi connectivity index (χ2v) is 7.47. The standard InChI is InChI=1S/C23H25N4O5/c1-4-5-10-26-22(28)18-8-6-7-9-19(18)27(23(26)29)14-20-24-21(25-32-20)15-11-16(30-2)13-17(12-15)31-3/h6-9,11-13,18H,4-5,10,14H2,1-3H3/q+1. The van der Waals surface area contributed by atoms with E-state index in [1.54, 1.807) is 44.6 Å². The van der Waals surface area contributed by atoms with E-state index in [1.807, 2.05) is 19.1 Å². The van der Waals surface area contributed by atoms with Gasteiger partial charge in [-0.25, -0.2) is 4.79 Å². The van der Waals surface area contributed by atoms with Gasteiger partial charge >= 0.3 is 11.9 Å². The van der Waals surface area contributed by atoms with E-state index in [-0.39, 0.29) is 24.4 Å². The summed E-state index contributed by atoms with van der Waals surface area (Å²) < 4.78 is 17.6. The van der Waals surface area contributed by atoms with Crippen LogP contribution in [0.15, 0.2) is 47.0 Å². The first-order chi connectivity index (χ1) is 15.5. The minimum Gasteiger partial charge on any atom is -0.497 e. The first kappa shape index (κ1) is 21.5. The van der Waals surface area contributed by atoms with Gasteiger partial charge in [0.15, 0.2) is 6.54 Å². The molecule has 32 heavy (non-hydrogen) atoms. The average molecular weight is 437 g/mol. The Morgan fingerprint density at radius 1 is 1.12 bits per heavy atom. The normalized spacial score (nSPS) is 17.7. The van der Waals surface area contributed by atoms with Crippen LogP contribution in [0.25, 0.3) is 11.4 Å². The first-order valence-electron chi connectivity index (χ1n) is 10.5. The van der Waals surface area contributed by atoms with E-state index in [9.17, 15) is 9.59 Å². The molecule has 4 rings (SSSR count). The van der Waals surface area contributed by atoms with Gasteiger partial charge in [-0.3, -0.25) is 0 Å². The third-order valence-electron chi connectivity index (χ3n) is 5.41. The second-order valence-electron chi connectivity index (χ2n) is 7.47. The number of unbranched alkanes of at least 4 members (excludes halogenated alkanes) is 1. The summed E-state index contributed by atoms with van der Waals surface area (Å²) >= 11 is 0. The summed E-state index contributed by atoms with van der Waals surface area (Å²) in [7, 11) is 3.13. The SMILES string of the molecule is CCCCN1C(=O)C2C=CC=CC2=[N+](Cc2nc(-c3cc(OC)cc(OC)c3)no2)C1=O. The van der Waals surface area contributed by atoms with Crippen LogP contribution < -0.4 is 9.47 Å². The van der Waals surface area contributed by atoms with Crippen molar-refractivity contribution in [2.45, 2.75) is 26.3 Å². The molecule has 9 nitrogen and oxygen atoms in total. The molecule has 0 saturated carbocycles. The highest BCUT2D eigenvalue weighted by Crippen LogP contribution is 2.28. The summed E-state index contributed by atoms with van der Waals surface area (Å²) in [6, 6.07) is 4.91. The van der Waals surface area contributed by atoms with Crippen LogP contribution in [-0.4, -0.2) is 58.0 Å². The molecule has 0 bridgehead atoms. The van der Waals surface area contributed by atoms with Crippen molar-refractivity contribution in [3.05, 3.63) is 48.4 Å². The Kier molecular flexibility index (Phi) is 6.16. The molecule has 1 aliphatic heterocycles. The van der Waals surface area contributed by atoms with Gasteiger partial charge in [0.05, 0.1) is 20.8 Å². The zero-order valence-corrected chi connectivity index (χ0v) is 18.3. The Bertz CT molecular complexity index is 1110. The van der Waals surface area contributed by atoms with Gasteiger partial charge in [-0.15, -0.1) is 0 Å². The highest BCUT2D eigenvalue weighted by Gasteiger charge is 2.46. The van der Waals surface area contributed by atoms with Crippen LogP contribution in [0, 0.1) is 5.92 Å². The Hall–Kier alpha value is -3.75. The fraction of sp³-hybridized carbons (Fsp3) is 0.348. The van der Waals surface area contributed by atoms with Crippen LogP contribution in [0.5, 0.6) is 11.5 Å². The molecule has 0 saturated heterocycles. The van der Waals surface area contributed by atoms with Crippen LogP contribution in [-0.2, 0) is 11.3 Å². The van der Waals surface area contributed by atoms with Crippen molar-refractivity contribution in [3.8, 4) is 22.9 Å². The lowest BCUT2D eigenvalue weighted by Gasteiger charge is -2.26. The quantitative estimate of drug-likeness (QED) is 0.585. The van der Waals surface area contributed by atoms with E-state index in [1.165, 1.54) is 9.48 Å². The number of fused-ring (bicyclic) bond motifs is 1. The van der Waals surface area contributed by atoms with Gasteiger partial charge in [0.25, 0.3) is 5.89 Å². The number of methoxy groups -OCH3 is 2. The van der Waals surface area contributed by atoms with E-state index in [0.717, 1.165) is 12.8 Å². The molecule has 9 heteroatoms. The van der Waals surface area contributed by atoms with Crippen LogP contribution in [0.3, 0.4) is 0 Å². The molecule has 0 spiro atoms. The number of ether oxygens (including phenoxy) is 2. The number of benzene rings is 1. The van der Waals surface area contributed by atoms with Gasteiger partial charge in [0.1, 0.15) is 23.1 Å². The number of carbonyl (C=O) groups is 2. The highest BCUT2D eigenvalue weighted by atomic mass is 16.5. The summed E-state index contributed by atoms with van der Waals surface area (Å²) in [5.41, 5.74) is 1.27. The van der Waals surface area contributed by atoms with Crippen molar-refractivity contribution in [1.82, 2.24) is 15.0 Å². The highest BCUT2D eigenvalue weighted by molar-refractivity contribution is 6.16. The number of hydrogen-bond acceptors (Lipinski definition) is 7. The van der Waals surface area contributed by atoms with Gasteiger partial charge in [0.2, 0.25) is 5.82 Å². The first-order valence-corrected chi connectivity index (χ1v) is 10.5. The molecule has 166 valence electrons. The van der Waals surface area contributed by atoms with Crippen molar-refractivity contribution in [2.24, 2.45) is 5.92 Å². The van der Waals surface area contributed by atoms with Gasteiger partial charge in [0, 0.05) is 11.6 Å². The topological polar surface area (TPSA) is 97.8 Å². The van der Waals surface area contributed by atoms with Crippen molar-refractivity contribution < 1.29 is 28.2 Å². The molecule has 2 aliphatic rings. The fourth-order valence-electron chi connectivity index (χ4n) is 3.71. The molecule has 1 aliphatic carbocycles. The molecule has 2 heterocycles. The van der Waals surface area contributed by atoms with E-state index in [2.05, 4.69) is 10.1 Å². The second kappa shape index (κ2) is 9.17. The van der Waals surface area contributed by atoms with Gasteiger partial charge in [-0.05, 0) is 24.6 Å². The smallest absolute Gasteiger partial charge is 0.497 e. The lowest BCUT2D eigenvalue weighted by Crippen LogP contribution is -2.54. The summed E-state index contributed by atoms with van der Waals surface area (Å²) in [6.45, 7) is 2.46. The lowest BCUT2D eigenvalue weighted by molar-refractivity contribution is -0.460. The third-order valence-corrected chi connectivity index (χ3v) is 5.41. The van der Waals surface area contributed by atoms with Crippen LogP contribution in [0.4, 0.5) is 4.79 Å². The monoisotopic (exact) mass is 437 g/mol. The maximum absolute atomic E-state index is 13.2. The zero-order valence-electron chi connectivity index (χ0n) is 18.3. The van der Waals surface area contributed by atoms with Gasteiger partial charge < -0.3 is 14.0 Å². The van der Waals surface area contributed by atoms with Crippen LogP contribution in [0.2, 0.25) is 0 Å². The summed E-state index contributed by atoms with van der Waals surface area (Å²) in [6.07, 6.45) is 8.84. The third kappa shape index (κ3) is 4.05. The molecular weight excluding hydrogens is 412 g/mol. The Labute approximate surface area is 185 Å². The maximum Gasteiger partial charge on any atom is 0.501 e. The number of urea groups is 1. The zero-order chi connectivity index (χ0) is 22.7. The Morgan fingerprint density at radius 3 is 2.56 bits per heavy atom. The molecule has 1 unspecified atom stereocenters. The predicted octanol–water partition coefficient (Wildman–Crippen LogP) is 3.21. The number of nitrogens with zero attached hydrogens (tertiary/aromatic N) is 4. The van der Waals surface area contributed by atoms with Crippen LogP contribution >= 0.6 is 0 Å². The van der Waals surface area contributed by atoms with E-state index >= 15 is 0 Å². The Balaban J connectivity index is 1.66. The number of aromatic nitrogens is 2. The molecule has 0 radical (unpaired) electrons. The van der Waals surface area contributed by atoms with Gasteiger partial charge in [-0.1, -0.05) is 36.7 Å². The Morgan fingerprint density at radius 2 is 1.88 bits per heavy atom. The van der Waals surface area contributed by atoms with Crippen LogP contribution in [0.1, 0.15) is 25.7 Å². The number of hydrogen-bond donors (Lipinski definition) is 0. The molecule has 2 aromatic rings. The summed E-state index contributed by atoms with van der Waals surface area (Å²) in [5, 5.41) is 4.06. The minimum absolute atomic E-state index is 0.0624. The minimum atomic E-state index is -0.500.